The highest BCUT2D eigenvalue weighted by Gasteiger charge is 2.29. The number of hydrogen-bond acceptors (Lipinski definition) is 3. The van der Waals surface area contributed by atoms with Gasteiger partial charge in [0.1, 0.15) is 0 Å². The van der Waals surface area contributed by atoms with Crippen molar-refractivity contribution in [1.82, 2.24) is 4.72 Å². The molecule has 0 aromatic rings. The summed E-state index contributed by atoms with van der Waals surface area (Å²) >= 11 is 0. The van der Waals surface area contributed by atoms with Gasteiger partial charge in [-0.05, 0) is 31.2 Å². The number of sulfonamides is 1. The van der Waals surface area contributed by atoms with Crippen LogP contribution in [-0.4, -0.2) is 26.8 Å². The zero-order valence-corrected chi connectivity index (χ0v) is 11.1. The van der Waals surface area contributed by atoms with Crippen molar-refractivity contribution in [2.45, 2.75) is 45.6 Å². The van der Waals surface area contributed by atoms with E-state index in [0.717, 1.165) is 12.8 Å². The molecule has 0 spiro atoms. The molecule has 0 bridgehead atoms. The van der Waals surface area contributed by atoms with Crippen LogP contribution in [0.2, 0.25) is 0 Å². The number of hydrogen-bond donors (Lipinski definition) is 2. The van der Waals surface area contributed by atoms with Crippen molar-refractivity contribution in [3.05, 3.63) is 0 Å². The Kier molecular flexibility index (Phi) is 5.21. The molecule has 3 N–H and O–H groups in total. The molecule has 1 rings (SSSR count). The van der Waals surface area contributed by atoms with Crippen molar-refractivity contribution in [2.75, 3.05) is 12.3 Å². The fourth-order valence-corrected chi connectivity index (χ4v) is 3.77. The Balaban J connectivity index is 2.52. The van der Waals surface area contributed by atoms with Crippen molar-refractivity contribution < 1.29 is 8.42 Å². The third kappa shape index (κ3) is 4.03. The van der Waals surface area contributed by atoms with Gasteiger partial charge in [0.05, 0.1) is 5.75 Å². The second-order valence-electron chi connectivity index (χ2n) is 4.95. The standard InChI is InChI=1S/C11H24N2O2S/c1-9-5-3-6-11(10(9)2)13-16(14,15)8-4-7-12/h9-11,13H,3-8,12H2,1-2H3. The van der Waals surface area contributed by atoms with Gasteiger partial charge in [0, 0.05) is 6.04 Å². The fraction of sp³-hybridized carbons (Fsp3) is 1.00. The lowest BCUT2D eigenvalue weighted by molar-refractivity contribution is 0.227. The topological polar surface area (TPSA) is 72.2 Å². The molecule has 1 aliphatic rings. The maximum Gasteiger partial charge on any atom is 0.211 e. The molecule has 3 atom stereocenters. The van der Waals surface area contributed by atoms with Gasteiger partial charge in [0.2, 0.25) is 10.0 Å². The minimum Gasteiger partial charge on any atom is -0.330 e. The summed E-state index contributed by atoms with van der Waals surface area (Å²) in [5.41, 5.74) is 5.33. The number of nitrogens with two attached hydrogens (primary N) is 1. The highest BCUT2D eigenvalue weighted by molar-refractivity contribution is 7.89. The van der Waals surface area contributed by atoms with Crippen LogP contribution in [0.25, 0.3) is 0 Å². The molecule has 0 aromatic carbocycles. The second-order valence-corrected chi connectivity index (χ2v) is 6.83. The molecular weight excluding hydrogens is 224 g/mol. The summed E-state index contributed by atoms with van der Waals surface area (Å²) in [4.78, 5) is 0. The summed E-state index contributed by atoms with van der Waals surface area (Å²) in [6.45, 7) is 4.77. The van der Waals surface area contributed by atoms with Crippen molar-refractivity contribution in [2.24, 2.45) is 17.6 Å². The first-order chi connectivity index (χ1) is 7.46. The van der Waals surface area contributed by atoms with E-state index in [1.54, 1.807) is 0 Å². The van der Waals surface area contributed by atoms with Gasteiger partial charge < -0.3 is 5.73 Å². The van der Waals surface area contributed by atoms with Crippen LogP contribution in [0.4, 0.5) is 0 Å². The first-order valence-electron chi connectivity index (χ1n) is 6.16. The Bertz CT molecular complexity index is 303. The Morgan fingerprint density at radius 3 is 2.62 bits per heavy atom. The number of nitrogens with one attached hydrogen (secondary N) is 1. The highest BCUT2D eigenvalue weighted by atomic mass is 32.2. The Hall–Kier alpha value is -0.130. The van der Waals surface area contributed by atoms with Gasteiger partial charge in [-0.1, -0.05) is 26.7 Å². The lowest BCUT2D eigenvalue weighted by Crippen LogP contribution is -2.44. The summed E-state index contributed by atoms with van der Waals surface area (Å²) in [6, 6.07) is 0.117. The maximum atomic E-state index is 11.7. The molecule has 3 unspecified atom stereocenters. The lowest BCUT2D eigenvalue weighted by atomic mass is 9.78. The zero-order chi connectivity index (χ0) is 12.2. The summed E-state index contributed by atoms with van der Waals surface area (Å²) in [7, 11) is -3.13. The van der Waals surface area contributed by atoms with E-state index < -0.39 is 10.0 Å². The zero-order valence-electron chi connectivity index (χ0n) is 10.3. The minimum atomic E-state index is -3.13. The van der Waals surface area contributed by atoms with Crippen molar-refractivity contribution in [1.29, 1.82) is 0 Å². The molecule has 0 amide bonds. The van der Waals surface area contributed by atoms with Gasteiger partial charge in [-0.2, -0.15) is 0 Å². The molecule has 5 heteroatoms. The lowest BCUT2D eigenvalue weighted by Gasteiger charge is -2.34. The van der Waals surface area contributed by atoms with Crippen molar-refractivity contribution in [3.8, 4) is 0 Å². The SMILES string of the molecule is CC1CCCC(NS(=O)(=O)CCCN)C1C. The summed E-state index contributed by atoms with van der Waals surface area (Å²) in [6.07, 6.45) is 3.83. The van der Waals surface area contributed by atoms with Crippen molar-refractivity contribution >= 4 is 10.0 Å². The van der Waals surface area contributed by atoms with Gasteiger partial charge in [0.15, 0.2) is 0 Å². The third-order valence-corrected chi connectivity index (χ3v) is 5.14. The van der Waals surface area contributed by atoms with Gasteiger partial charge in [0.25, 0.3) is 0 Å². The molecule has 1 aliphatic carbocycles. The van der Waals surface area contributed by atoms with Gasteiger partial charge in [-0.3, -0.25) is 0 Å². The summed E-state index contributed by atoms with van der Waals surface area (Å²) in [5.74, 6) is 1.19. The molecule has 16 heavy (non-hydrogen) atoms. The molecule has 4 nitrogen and oxygen atoms in total. The normalized spacial score (nSPS) is 31.6. The average molecular weight is 248 g/mol. The molecule has 1 fully saturated rings. The first-order valence-corrected chi connectivity index (χ1v) is 7.81. The molecule has 0 heterocycles. The smallest absolute Gasteiger partial charge is 0.211 e. The Morgan fingerprint density at radius 2 is 2.00 bits per heavy atom. The van der Waals surface area contributed by atoms with E-state index in [0.29, 0.717) is 24.8 Å². The van der Waals surface area contributed by atoms with Crippen LogP contribution in [0.1, 0.15) is 39.5 Å². The third-order valence-electron chi connectivity index (χ3n) is 3.65. The monoisotopic (exact) mass is 248 g/mol. The van der Waals surface area contributed by atoms with E-state index in [2.05, 4.69) is 18.6 Å². The van der Waals surface area contributed by atoms with Crippen LogP contribution in [0.5, 0.6) is 0 Å². The molecule has 0 radical (unpaired) electrons. The van der Waals surface area contributed by atoms with Crippen molar-refractivity contribution in [3.63, 3.8) is 0 Å². The fourth-order valence-electron chi connectivity index (χ4n) is 2.31. The average Bonchev–Trinajstić information content (AvgIpc) is 2.22. The molecule has 0 aliphatic heterocycles. The number of rotatable bonds is 5. The first kappa shape index (κ1) is 13.9. The van der Waals surface area contributed by atoms with E-state index in [1.165, 1.54) is 6.42 Å². The predicted molar refractivity (Wildman–Crippen MR) is 66.6 cm³/mol. The van der Waals surface area contributed by atoms with Crippen LogP contribution < -0.4 is 10.5 Å². The van der Waals surface area contributed by atoms with E-state index in [1.807, 2.05) is 0 Å². The highest BCUT2D eigenvalue weighted by Crippen LogP contribution is 2.29. The van der Waals surface area contributed by atoms with Gasteiger partial charge in [-0.25, -0.2) is 13.1 Å². The quantitative estimate of drug-likeness (QED) is 0.764. The summed E-state index contributed by atoms with van der Waals surface area (Å²) < 4.78 is 26.3. The summed E-state index contributed by atoms with van der Waals surface area (Å²) in [5, 5.41) is 0. The van der Waals surface area contributed by atoms with Gasteiger partial charge in [-0.15, -0.1) is 0 Å². The van der Waals surface area contributed by atoms with E-state index in [9.17, 15) is 8.42 Å². The van der Waals surface area contributed by atoms with Crippen LogP contribution in [0.15, 0.2) is 0 Å². The Morgan fingerprint density at radius 1 is 1.31 bits per heavy atom. The predicted octanol–water partition coefficient (Wildman–Crippen LogP) is 1.08. The minimum absolute atomic E-state index is 0.117. The van der Waals surface area contributed by atoms with Gasteiger partial charge >= 0.3 is 0 Å². The van der Waals surface area contributed by atoms with Crippen LogP contribution >= 0.6 is 0 Å². The van der Waals surface area contributed by atoms with E-state index >= 15 is 0 Å². The van der Waals surface area contributed by atoms with Crippen LogP contribution in [0, 0.1) is 11.8 Å². The van der Waals surface area contributed by atoms with E-state index in [4.69, 9.17) is 5.73 Å². The van der Waals surface area contributed by atoms with E-state index in [-0.39, 0.29) is 11.8 Å². The second kappa shape index (κ2) is 5.98. The maximum absolute atomic E-state index is 11.7. The molecule has 1 saturated carbocycles. The molecule has 96 valence electrons. The van der Waals surface area contributed by atoms with Crippen LogP contribution in [0.3, 0.4) is 0 Å². The largest absolute Gasteiger partial charge is 0.330 e. The molecule has 0 saturated heterocycles. The Labute approximate surface area is 99.0 Å². The molecule has 0 aromatic heterocycles. The molecular formula is C11H24N2O2S. The van der Waals surface area contributed by atoms with Crippen LogP contribution in [-0.2, 0) is 10.0 Å².